The minimum atomic E-state index is -0.0809. The molecule has 2 atom stereocenters. The van der Waals surface area contributed by atoms with E-state index in [1.807, 2.05) is 17.8 Å². The van der Waals surface area contributed by atoms with E-state index in [4.69, 9.17) is 4.74 Å². The zero-order valence-corrected chi connectivity index (χ0v) is 9.30. The number of thioether (sulfide) groups is 1. The predicted octanol–water partition coefficient (Wildman–Crippen LogP) is 1.66. The monoisotopic (exact) mass is 223 g/mol. The van der Waals surface area contributed by atoms with E-state index in [0.717, 1.165) is 17.1 Å². The van der Waals surface area contributed by atoms with Gasteiger partial charge in [0.1, 0.15) is 23.0 Å². The number of ether oxygens (including phenoxy) is 1. The highest BCUT2D eigenvalue weighted by molar-refractivity contribution is 8.00. The first-order valence-corrected chi connectivity index (χ1v) is 6.06. The highest BCUT2D eigenvalue weighted by Gasteiger charge is 2.45. The summed E-state index contributed by atoms with van der Waals surface area (Å²) in [5, 5.41) is 12.9. The zero-order valence-electron chi connectivity index (χ0n) is 8.49. The summed E-state index contributed by atoms with van der Waals surface area (Å²) in [4.78, 5) is -0.0809. The number of nitrogens with one attached hydrogen (secondary N) is 1. The number of benzene rings is 1. The number of hydrogen-bond donors (Lipinski definition) is 2. The Morgan fingerprint density at radius 1 is 1.60 bits per heavy atom. The summed E-state index contributed by atoms with van der Waals surface area (Å²) in [5.41, 5.74) is 1.16. The Hall–Kier alpha value is -0.870. The predicted molar refractivity (Wildman–Crippen MR) is 60.3 cm³/mol. The third-order valence-electron chi connectivity index (χ3n) is 2.89. The van der Waals surface area contributed by atoms with Gasteiger partial charge in [0, 0.05) is 23.4 Å². The summed E-state index contributed by atoms with van der Waals surface area (Å²) < 4.78 is 5.62. The van der Waals surface area contributed by atoms with E-state index in [0.29, 0.717) is 12.6 Å². The van der Waals surface area contributed by atoms with Crippen LogP contribution in [0.25, 0.3) is 0 Å². The van der Waals surface area contributed by atoms with Crippen molar-refractivity contribution in [3.8, 4) is 11.5 Å². The van der Waals surface area contributed by atoms with Crippen LogP contribution in [-0.2, 0) is 4.87 Å². The lowest BCUT2D eigenvalue weighted by atomic mass is 10.1. The van der Waals surface area contributed by atoms with Crippen LogP contribution in [0.4, 0.5) is 0 Å². The molecular formula is C11H13NO2S. The molecule has 0 bridgehead atoms. The van der Waals surface area contributed by atoms with Crippen molar-refractivity contribution in [1.29, 1.82) is 0 Å². The van der Waals surface area contributed by atoms with Crippen molar-refractivity contribution in [2.45, 2.75) is 17.8 Å². The Morgan fingerprint density at radius 3 is 3.20 bits per heavy atom. The number of aromatic hydroxyl groups is 1. The van der Waals surface area contributed by atoms with Crippen LogP contribution in [0.3, 0.4) is 0 Å². The maximum atomic E-state index is 9.37. The molecule has 3 nitrogen and oxygen atoms in total. The molecule has 2 heterocycles. The molecule has 2 aliphatic heterocycles. The van der Waals surface area contributed by atoms with Crippen molar-refractivity contribution in [2.24, 2.45) is 0 Å². The molecule has 2 N–H and O–H groups in total. The van der Waals surface area contributed by atoms with E-state index in [-0.39, 0.29) is 10.6 Å². The van der Waals surface area contributed by atoms with Gasteiger partial charge in [0.25, 0.3) is 0 Å². The summed E-state index contributed by atoms with van der Waals surface area (Å²) in [6, 6.07) is 5.88. The van der Waals surface area contributed by atoms with Crippen molar-refractivity contribution in [1.82, 2.24) is 5.32 Å². The van der Waals surface area contributed by atoms with Gasteiger partial charge in [-0.3, -0.25) is 5.32 Å². The van der Waals surface area contributed by atoms with Crippen LogP contribution < -0.4 is 10.1 Å². The minimum Gasteiger partial charge on any atom is -0.508 e. The van der Waals surface area contributed by atoms with E-state index >= 15 is 0 Å². The fourth-order valence-corrected chi connectivity index (χ4v) is 3.58. The normalized spacial score (nSPS) is 33.0. The molecule has 0 amide bonds. The average molecular weight is 223 g/mol. The zero-order chi connectivity index (χ0) is 10.5. The minimum absolute atomic E-state index is 0.0809. The van der Waals surface area contributed by atoms with E-state index in [2.05, 4.69) is 12.2 Å². The topological polar surface area (TPSA) is 41.5 Å². The Labute approximate surface area is 92.8 Å². The molecule has 1 aromatic rings. The molecule has 1 saturated heterocycles. The average Bonchev–Trinajstić information content (AvgIpc) is 2.73. The second-order valence-corrected chi connectivity index (χ2v) is 5.47. The Morgan fingerprint density at radius 2 is 2.47 bits per heavy atom. The molecular weight excluding hydrogens is 210 g/mol. The molecule has 1 spiro atoms. The van der Waals surface area contributed by atoms with E-state index in [1.165, 1.54) is 0 Å². The third-order valence-corrected chi connectivity index (χ3v) is 4.51. The summed E-state index contributed by atoms with van der Waals surface area (Å²) >= 11 is 1.89. The smallest absolute Gasteiger partial charge is 0.129 e. The van der Waals surface area contributed by atoms with Gasteiger partial charge in [-0.05, 0) is 19.1 Å². The van der Waals surface area contributed by atoms with Crippen LogP contribution in [0.2, 0.25) is 0 Å². The van der Waals surface area contributed by atoms with Gasteiger partial charge in [0.2, 0.25) is 0 Å². The van der Waals surface area contributed by atoms with Crippen molar-refractivity contribution < 1.29 is 9.84 Å². The molecule has 1 fully saturated rings. The molecule has 0 saturated carbocycles. The van der Waals surface area contributed by atoms with Crippen molar-refractivity contribution in [3.63, 3.8) is 0 Å². The first kappa shape index (κ1) is 9.36. The Balaban J connectivity index is 2.04. The van der Waals surface area contributed by atoms with Gasteiger partial charge in [-0.2, -0.15) is 0 Å². The fourth-order valence-electron chi connectivity index (χ4n) is 2.21. The SMILES string of the molecule is CC1CSC2(COc3cc(O)ccc32)N1. The molecule has 0 radical (unpaired) electrons. The molecule has 0 aliphatic carbocycles. The van der Waals surface area contributed by atoms with Crippen LogP contribution in [0.15, 0.2) is 18.2 Å². The Bertz CT molecular complexity index is 410. The van der Waals surface area contributed by atoms with Gasteiger partial charge >= 0.3 is 0 Å². The van der Waals surface area contributed by atoms with Crippen LogP contribution in [0, 0.1) is 0 Å². The number of fused-ring (bicyclic) bond motifs is 2. The van der Waals surface area contributed by atoms with E-state index in [9.17, 15) is 5.11 Å². The van der Waals surface area contributed by atoms with Gasteiger partial charge in [-0.25, -0.2) is 0 Å². The van der Waals surface area contributed by atoms with Crippen LogP contribution >= 0.6 is 11.8 Å². The third kappa shape index (κ3) is 1.32. The van der Waals surface area contributed by atoms with Crippen molar-refractivity contribution in [2.75, 3.05) is 12.4 Å². The first-order valence-electron chi connectivity index (χ1n) is 5.08. The number of hydrogen-bond acceptors (Lipinski definition) is 4. The van der Waals surface area contributed by atoms with E-state index < -0.39 is 0 Å². The van der Waals surface area contributed by atoms with Gasteiger partial charge in [0.05, 0.1) is 0 Å². The lowest BCUT2D eigenvalue weighted by Gasteiger charge is -2.21. The van der Waals surface area contributed by atoms with Crippen LogP contribution in [-0.4, -0.2) is 23.5 Å². The summed E-state index contributed by atoms with van der Waals surface area (Å²) in [6.07, 6.45) is 0. The quantitative estimate of drug-likeness (QED) is 0.702. The maximum absolute atomic E-state index is 9.37. The van der Waals surface area contributed by atoms with Gasteiger partial charge in [0.15, 0.2) is 0 Å². The second kappa shape index (κ2) is 3.06. The fraction of sp³-hybridized carbons (Fsp3) is 0.455. The lowest BCUT2D eigenvalue weighted by Crippen LogP contribution is -2.39. The first-order chi connectivity index (χ1) is 7.20. The largest absolute Gasteiger partial charge is 0.508 e. The summed E-state index contributed by atoms with van der Waals surface area (Å²) in [6.45, 7) is 2.83. The number of phenolic OH excluding ortho intramolecular Hbond substituents is 1. The van der Waals surface area contributed by atoms with E-state index in [1.54, 1.807) is 12.1 Å². The molecule has 0 aromatic heterocycles. The Kier molecular flexibility index (Phi) is 1.91. The molecule has 80 valence electrons. The molecule has 2 aliphatic rings. The molecule has 1 aromatic carbocycles. The molecule has 2 unspecified atom stereocenters. The van der Waals surface area contributed by atoms with Crippen molar-refractivity contribution >= 4 is 11.8 Å². The maximum Gasteiger partial charge on any atom is 0.129 e. The highest BCUT2D eigenvalue weighted by Crippen LogP contribution is 2.48. The van der Waals surface area contributed by atoms with Crippen LogP contribution in [0.5, 0.6) is 11.5 Å². The number of phenols is 1. The number of rotatable bonds is 0. The molecule has 3 rings (SSSR count). The van der Waals surface area contributed by atoms with Gasteiger partial charge < -0.3 is 9.84 Å². The summed E-state index contributed by atoms with van der Waals surface area (Å²) in [7, 11) is 0. The van der Waals surface area contributed by atoms with Crippen LogP contribution in [0.1, 0.15) is 12.5 Å². The summed E-state index contributed by atoms with van der Waals surface area (Å²) in [5.74, 6) is 2.18. The molecule has 4 heteroatoms. The van der Waals surface area contributed by atoms with Crippen molar-refractivity contribution in [3.05, 3.63) is 23.8 Å². The lowest BCUT2D eigenvalue weighted by molar-refractivity contribution is 0.292. The standard InChI is InChI=1S/C11H13NO2S/c1-7-5-15-11(12-7)6-14-10-4-8(13)2-3-9(10)11/h2-4,7,12-13H,5-6H2,1H3. The molecule has 15 heavy (non-hydrogen) atoms. The highest BCUT2D eigenvalue weighted by atomic mass is 32.2. The second-order valence-electron chi connectivity index (χ2n) is 4.15. The van der Waals surface area contributed by atoms with Gasteiger partial charge in [-0.15, -0.1) is 11.8 Å². The van der Waals surface area contributed by atoms with Gasteiger partial charge in [-0.1, -0.05) is 0 Å².